The van der Waals surface area contributed by atoms with E-state index >= 15 is 0 Å². The summed E-state index contributed by atoms with van der Waals surface area (Å²) in [7, 11) is 0. The van der Waals surface area contributed by atoms with Crippen molar-refractivity contribution in [3.63, 3.8) is 0 Å². The predicted octanol–water partition coefficient (Wildman–Crippen LogP) is 4.77. The van der Waals surface area contributed by atoms with Crippen LogP contribution >= 0.6 is 11.8 Å². The van der Waals surface area contributed by atoms with Gasteiger partial charge in [0.25, 0.3) is 0 Å². The molecule has 1 N–H and O–H groups in total. The number of nitrogens with one attached hydrogen (secondary N) is 1. The summed E-state index contributed by atoms with van der Waals surface area (Å²) < 4.78 is 0.492. The van der Waals surface area contributed by atoms with Crippen molar-refractivity contribution in [1.82, 2.24) is 5.32 Å². The van der Waals surface area contributed by atoms with E-state index in [2.05, 4.69) is 56.2 Å². The third kappa shape index (κ3) is 3.79. The van der Waals surface area contributed by atoms with Gasteiger partial charge in [-0.3, -0.25) is 0 Å². The Morgan fingerprint density at radius 2 is 1.65 bits per heavy atom. The van der Waals surface area contributed by atoms with Crippen LogP contribution in [0.3, 0.4) is 0 Å². The monoisotopic (exact) mass is 291 g/mol. The van der Waals surface area contributed by atoms with Crippen LogP contribution in [0.1, 0.15) is 54.4 Å². The number of hydrogen-bond acceptors (Lipinski definition) is 2. The Labute approximate surface area is 128 Å². The SMILES string of the molecule is CSC1(CNCc2cc(C)c(C)cc2C)CCCCC1. The van der Waals surface area contributed by atoms with Gasteiger partial charge in [0.1, 0.15) is 0 Å². The number of benzene rings is 1. The summed E-state index contributed by atoms with van der Waals surface area (Å²) in [5, 5.41) is 3.73. The third-order valence-electron chi connectivity index (χ3n) is 4.91. The van der Waals surface area contributed by atoms with E-state index in [-0.39, 0.29) is 0 Å². The molecular weight excluding hydrogens is 262 g/mol. The average molecular weight is 292 g/mol. The number of aryl methyl sites for hydroxylation is 3. The smallest absolute Gasteiger partial charge is 0.0281 e. The number of thioether (sulfide) groups is 1. The lowest BCUT2D eigenvalue weighted by atomic mass is 9.88. The first-order valence-electron chi connectivity index (χ1n) is 7.89. The summed E-state index contributed by atoms with van der Waals surface area (Å²) in [6, 6.07) is 4.67. The summed E-state index contributed by atoms with van der Waals surface area (Å²) in [4.78, 5) is 0. The van der Waals surface area contributed by atoms with Crippen LogP contribution in [-0.2, 0) is 6.54 Å². The molecule has 0 saturated heterocycles. The van der Waals surface area contributed by atoms with Crippen LogP contribution in [-0.4, -0.2) is 17.5 Å². The van der Waals surface area contributed by atoms with Crippen molar-refractivity contribution < 1.29 is 0 Å². The highest BCUT2D eigenvalue weighted by Crippen LogP contribution is 2.38. The van der Waals surface area contributed by atoms with E-state index in [0.29, 0.717) is 4.75 Å². The highest BCUT2D eigenvalue weighted by atomic mass is 32.2. The quantitative estimate of drug-likeness (QED) is 0.839. The first kappa shape index (κ1) is 15.9. The maximum atomic E-state index is 3.73. The first-order chi connectivity index (χ1) is 9.56. The molecule has 112 valence electrons. The predicted molar refractivity (Wildman–Crippen MR) is 91.7 cm³/mol. The molecule has 2 heteroatoms. The van der Waals surface area contributed by atoms with Gasteiger partial charge < -0.3 is 5.32 Å². The van der Waals surface area contributed by atoms with Crippen LogP contribution in [0, 0.1) is 20.8 Å². The van der Waals surface area contributed by atoms with E-state index in [1.54, 1.807) is 0 Å². The Morgan fingerprint density at radius 1 is 1.00 bits per heavy atom. The van der Waals surface area contributed by atoms with E-state index < -0.39 is 0 Å². The van der Waals surface area contributed by atoms with Crippen molar-refractivity contribution in [2.45, 2.75) is 64.2 Å². The lowest BCUT2D eigenvalue weighted by Gasteiger charge is -2.36. The second kappa shape index (κ2) is 7.00. The molecular formula is C18H29NS. The molecule has 0 atom stereocenters. The van der Waals surface area contributed by atoms with E-state index in [0.717, 1.165) is 13.1 Å². The maximum Gasteiger partial charge on any atom is 0.0281 e. The zero-order valence-corrected chi connectivity index (χ0v) is 14.3. The molecule has 1 aromatic carbocycles. The molecule has 1 nitrogen and oxygen atoms in total. The Balaban J connectivity index is 1.93. The normalized spacial score (nSPS) is 18.2. The summed E-state index contributed by atoms with van der Waals surface area (Å²) in [5.74, 6) is 0. The van der Waals surface area contributed by atoms with Crippen LogP contribution in [0.4, 0.5) is 0 Å². The second-order valence-corrected chi connectivity index (χ2v) is 7.69. The lowest BCUT2D eigenvalue weighted by Crippen LogP contribution is -2.39. The molecule has 0 unspecified atom stereocenters. The van der Waals surface area contributed by atoms with E-state index in [9.17, 15) is 0 Å². The largest absolute Gasteiger partial charge is 0.311 e. The van der Waals surface area contributed by atoms with Gasteiger partial charge >= 0.3 is 0 Å². The molecule has 0 radical (unpaired) electrons. The molecule has 0 spiro atoms. The second-order valence-electron chi connectivity index (χ2n) is 6.41. The molecule has 1 aliphatic carbocycles. The summed E-state index contributed by atoms with van der Waals surface area (Å²) >= 11 is 2.08. The van der Waals surface area contributed by atoms with Gasteiger partial charge in [0.05, 0.1) is 0 Å². The Kier molecular flexibility index (Phi) is 5.57. The van der Waals surface area contributed by atoms with Crippen molar-refractivity contribution >= 4 is 11.8 Å². The van der Waals surface area contributed by atoms with Gasteiger partial charge in [-0.2, -0.15) is 11.8 Å². The maximum absolute atomic E-state index is 3.73. The molecule has 1 aromatic rings. The van der Waals surface area contributed by atoms with Crippen LogP contribution in [0.2, 0.25) is 0 Å². The third-order valence-corrected chi connectivity index (χ3v) is 6.33. The average Bonchev–Trinajstić information content (AvgIpc) is 2.45. The van der Waals surface area contributed by atoms with Gasteiger partial charge in [-0.1, -0.05) is 31.4 Å². The molecule has 1 fully saturated rings. The van der Waals surface area contributed by atoms with E-state index in [1.165, 1.54) is 54.4 Å². The van der Waals surface area contributed by atoms with Crippen molar-refractivity contribution in [2.75, 3.05) is 12.8 Å². The van der Waals surface area contributed by atoms with Gasteiger partial charge in [-0.25, -0.2) is 0 Å². The van der Waals surface area contributed by atoms with E-state index in [1.807, 2.05) is 0 Å². The van der Waals surface area contributed by atoms with Crippen molar-refractivity contribution in [1.29, 1.82) is 0 Å². The zero-order valence-electron chi connectivity index (χ0n) is 13.5. The molecule has 0 amide bonds. The van der Waals surface area contributed by atoms with Crippen molar-refractivity contribution in [3.8, 4) is 0 Å². The highest BCUT2D eigenvalue weighted by molar-refractivity contribution is 8.00. The summed E-state index contributed by atoms with van der Waals surface area (Å²) in [6.07, 6.45) is 9.30. The fraction of sp³-hybridized carbons (Fsp3) is 0.667. The van der Waals surface area contributed by atoms with Gasteiger partial charge in [-0.15, -0.1) is 0 Å². The highest BCUT2D eigenvalue weighted by Gasteiger charge is 2.30. The number of hydrogen-bond donors (Lipinski definition) is 1. The Bertz CT molecular complexity index is 447. The Hall–Kier alpha value is -0.470. The van der Waals surface area contributed by atoms with Gasteiger partial charge in [0.2, 0.25) is 0 Å². The van der Waals surface area contributed by atoms with Crippen LogP contribution < -0.4 is 5.32 Å². The fourth-order valence-electron chi connectivity index (χ4n) is 3.28. The minimum atomic E-state index is 0.492. The fourth-order valence-corrected chi connectivity index (χ4v) is 4.23. The Morgan fingerprint density at radius 3 is 2.30 bits per heavy atom. The van der Waals surface area contributed by atoms with Gasteiger partial charge in [0, 0.05) is 17.8 Å². The van der Waals surface area contributed by atoms with Crippen LogP contribution in [0.25, 0.3) is 0 Å². The molecule has 20 heavy (non-hydrogen) atoms. The van der Waals surface area contributed by atoms with Gasteiger partial charge in [0.15, 0.2) is 0 Å². The van der Waals surface area contributed by atoms with Crippen molar-refractivity contribution in [2.24, 2.45) is 0 Å². The molecule has 1 saturated carbocycles. The standard InChI is InChI=1S/C18H29NS/c1-14-10-16(3)17(11-15(14)2)12-19-13-18(20-4)8-6-5-7-9-18/h10-11,19H,5-9,12-13H2,1-4H3. The minimum Gasteiger partial charge on any atom is -0.311 e. The van der Waals surface area contributed by atoms with Crippen LogP contribution in [0.15, 0.2) is 12.1 Å². The molecule has 1 aliphatic rings. The van der Waals surface area contributed by atoms with Crippen molar-refractivity contribution in [3.05, 3.63) is 34.4 Å². The number of rotatable bonds is 5. The minimum absolute atomic E-state index is 0.492. The molecule has 0 heterocycles. The summed E-state index contributed by atoms with van der Waals surface area (Å²) in [6.45, 7) is 8.80. The lowest BCUT2D eigenvalue weighted by molar-refractivity contribution is 0.379. The molecule has 0 aliphatic heterocycles. The topological polar surface area (TPSA) is 12.0 Å². The first-order valence-corrected chi connectivity index (χ1v) is 9.11. The van der Waals surface area contributed by atoms with Gasteiger partial charge in [-0.05, 0) is 62.1 Å². The summed E-state index contributed by atoms with van der Waals surface area (Å²) in [5.41, 5.74) is 5.69. The molecule has 0 bridgehead atoms. The van der Waals surface area contributed by atoms with E-state index in [4.69, 9.17) is 0 Å². The molecule has 0 aromatic heterocycles. The molecule has 2 rings (SSSR count). The van der Waals surface area contributed by atoms with Crippen LogP contribution in [0.5, 0.6) is 0 Å². The zero-order chi connectivity index (χ0) is 14.6.